The summed E-state index contributed by atoms with van der Waals surface area (Å²) in [7, 11) is -3.86. The average molecular weight is 568 g/mol. The highest BCUT2D eigenvalue weighted by Crippen LogP contribution is 2.39. The van der Waals surface area contributed by atoms with Crippen LogP contribution in [0.4, 0.5) is 17.6 Å². The molecule has 0 radical (unpaired) electrons. The van der Waals surface area contributed by atoms with Gasteiger partial charge in [-0.05, 0) is 24.5 Å². The van der Waals surface area contributed by atoms with E-state index in [1.54, 1.807) is 0 Å². The number of carbonyl (C=O) groups excluding carboxylic acids is 1. The topological polar surface area (TPSA) is 119 Å². The number of rotatable bonds is 6. The molecular formula is C22H26ClF4N5O4S. The SMILES string of the molecule is C[C@H]1CN(S(=O)(=O)CCC(=O)N2CCC(O)(C(F)(F)F)C2)CC[C@H]1c1[nH]c(-c2ccc(F)cn2)nc1Cl. The van der Waals surface area contributed by atoms with Crippen molar-refractivity contribution in [2.75, 3.05) is 31.9 Å². The molecule has 4 rings (SSSR count). The monoisotopic (exact) mass is 567 g/mol. The van der Waals surface area contributed by atoms with E-state index in [1.165, 1.54) is 16.4 Å². The Morgan fingerprint density at radius 1 is 1.32 bits per heavy atom. The molecule has 2 aromatic rings. The fourth-order valence-corrected chi connectivity index (χ4v) is 6.59. The van der Waals surface area contributed by atoms with E-state index in [4.69, 9.17) is 11.6 Å². The lowest BCUT2D eigenvalue weighted by Crippen LogP contribution is -2.48. The zero-order valence-electron chi connectivity index (χ0n) is 19.8. The van der Waals surface area contributed by atoms with Crippen LogP contribution in [0.2, 0.25) is 5.15 Å². The van der Waals surface area contributed by atoms with Crippen molar-refractivity contribution in [1.29, 1.82) is 0 Å². The number of hydrogen-bond acceptors (Lipinski definition) is 6. The Labute approximate surface area is 215 Å². The van der Waals surface area contributed by atoms with E-state index in [0.29, 0.717) is 23.6 Å². The molecule has 2 fully saturated rings. The molecule has 2 aromatic heterocycles. The van der Waals surface area contributed by atoms with Gasteiger partial charge in [0.25, 0.3) is 0 Å². The molecule has 0 saturated carbocycles. The number of aromatic amines is 1. The van der Waals surface area contributed by atoms with Crippen LogP contribution in [0.1, 0.15) is 37.8 Å². The normalized spacial score (nSPS) is 25.5. The summed E-state index contributed by atoms with van der Waals surface area (Å²) in [5, 5.41) is 9.96. The maximum Gasteiger partial charge on any atom is 0.419 e. The third kappa shape index (κ3) is 5.76. The average Bonchev–Trinajstić information content (AvgIpc) is 3.42. The van der Waals surface area contributed by atoms with Gasteiger partial charge in [0, 0.05) is 38.4 Å². The van der Waals surface area contributed by atoms with E-state index in [0.717, 1.165) is 11.1 Å². The molecule has 0 aliphatic carbocycles. The molecular weight excluding hydrogens is 542 g/mol. The molecule has 37 heavy (non-hydrogen) atoms. The first-order chi connectivity index (χ1) is 17.2. The number of aliphatic hydroxyl groups is 1. The molecule has 9 nitrogen and oxygen atoms in total. The number of likely N-dealkylation sites (tertiary alicyclic amines) is 1. The van der Waals surface area contributed by atoms with E-state index < -0.39 is 58.7 Å². The number of piperidine rings is 1. The predicted molar refractivity (Wildman–Crippen MR) is 125 cm³/mol. The Morgan fingerprint density at radius 3 is 2.65 bits per heavy atom. The predicted octanol–water partition coefficient (Wildman–Crippen LogP) is 2.94. The van der Waals surface area contributed by atoms with Crippen molar-refractivity contribution >= 4 is 27.5 Å². The van der Waals surface area contributed by atoms with Gasteiger partial charge in [0.05, 0.1) is 24.2 Å². The van der Waals surface area contributed by atoms with E-state index in [2.05, 4.69) is 15.0 Å². The van der Waals surface area contributed by atoms with Gasteiger partial charge >= 0.3 is 6.18 Å². The summed E-state index contributed by atoms with van der Waals surface area (Å²) in [6.45, 7) is 0.962. The number of halogens is 5. The minimum Gasteiger partial charge on any atom is -0.379 e. The molecule has 4 heterocycles. The minimum absolute atomic E-state index is 0.146. The number of amides is 1. The maximum atomic E-state index is 13.2. The van der Waals surface area contributed by atoms with E-state index >= 15 is 0 Å². The van der Waals surface area contributed by atoms with Gasteiger partial charge in [0.1, 0.15) is 11.5 Å². The number of imidazole rings is 1. The molecule has 0 aromatic carbocycles. The van der Waals surface area contributed by atoms with Crippen molar-refractivity contribution in [2.45, 2.75) is 43.9 Å². The van der Waals surface area contributed by atoms with Gasteiger partial charge in [-0.15, -0.1) is 0 Å². The third-order valence-electron chi connectivity index (χ3n) is 6.99. The third-order valence-corrected chi connectivity index (χ3v) is 9.12. The second kappa shape index (κ2) is 10.1. The highest BCUT2D eigenvalue weighted by molar-refractivity contribution is 7.89. The molecule has 204 valence electrons. The van der Waals surface area contributed by atoms with Gasteiger partial charge in [-0.3, -0.25) is 4.79 Å². The number of β-amino-alcohol motifs (C(OH)–C–C–N with tert-alkyl or cyclic N) is 1. The van der Waals surface area contributed by atoms with Gasteiger partial charge < -0.3 is 15.0 Å². The molecule has 2 N–H and O–H groups in total. The number of H-pyrrole nitrogens is 1. The van der Waals surface area contributed by atoms with Gasteiger partial charge in [-0.25, -0.2) is 27.1 Å². The van der Waals surface area contributed by atoms with E-state index in [-0.39, 0.29) is 36.6 Å². The maximum absolute atomic E-state index is 13.2. The van der Waals surface area contributed by atoms with Crippen LogP contribution in [0.5, 0.6) is 0 Å². The van der Waals surface area contributed by atoms with Crippen LogP contribution in [-0.2, 0) is 14.8 Å². The number of carbonyl (C=O) groups is 1. The molecule has 15 heteroatoms. The van der Waals surface area contributed by atoms with Crippen LogP contribution in [0.25, 0.3) is 11.5 Å². The lowest BCUT2D eigenvalue weighted by Gasteiger charge is -2.35. The van der Waals surface area contributed by atoms with Crippen molar-refractivity contribution in [3.05, 3.63) is 35.0 Å². The molecule has 1 unspecified atom stereocenters. The van der Waals surface area contributed by atoms with Crippen LogP contribution >= 0.6 is 11.6 Å². The number of nitrogens with zero attached hydrogens (tertiary/aromatic N) is 4. The molecule has 1 amide bonds. The van der Waals surface area contributed by atoms with Crippen molar-refractivity contribution in [3.63, 3.8) is 0 Å². The lowest BCUT2D eigenvalue weighted by molar-refractivity contribution is -0.253. The van der Waals surface area contributed by atoms with Crippen molar-refractivity contribution in [3.8, 4) is 11.5 Å². The Kier molecular flexibility index (Phi) is 7.58. The fraction of sp³-hybridized carbons (Fsp3) is 0.591. The van der Waals surface area contributed by atoms with Crippen LogP contribution in [0.3, 0.4) is 0 Å². The molecule has 2 saturated heterocycles. The molecule has 2 aliphatic rings. The molecule has 3 atom stereocenters. The van der Waals surface area contributed by atoms with E-state index in [9.17, 15) is 35.9 Å². The highest BCUT2D eigenvalue weighted by atomic mass is 35.5. The summed E-state index contributed by atoms with van der Waals surface area (Å²) in [6.07, 6.45) is -4.53. The fourth-order valence-electron chi connectivity index (χ4n) is 4.78. The molecule has 0 spiro atoms. The van der Waals surface area contributed by atoms with E-state index in [1.807, 2.05) is 6.92 Å². The Hall–Kier alpha value is -2.29. The second-order valence-electron chi connectivity index (χ2n) is 9.54. The van der Waals surface area contributed by atoms with Crippen molar-refractivity contribution in [2.24, 2.45) is 5.92 Å². The first kappa shape index (κ1) is 27.7. The van der Waals surface area contributed by atoms with Gasteiger partial charge in [0.2, 0.25) is 15.9 Å². The summed E-state index contributed by atoms with van der Waals surface area (Å²) >= 11 is 6.34. The van der Waals surface area contributed by atoms with Crippen LogP contribution in [-0.4, -0.2) is 87.3 Å². The summed E-state index contributed by atoms with van der Waals surface area (Å²) in [6, 6.07) is 2.70. The summed E-state index contributed by atoms with van der Waals surface area (Å²) in [5.41, 5.74) is -1.95. The number of pyridine rings is 1. The largest absolute Gasteiger partial charge is 0.419 e. The standard InChI is InChI=1S/C22H26ClF4N5O4S/c1-13-11-32(37(35,36)9-5-17(33)31-8-6-21(34,12-31)22(25,26)27)7-4-15(13)18-19(23)30-20(29-18)16-3-2-14(24)10-28-16/h2-3,10,13,15,34H,4-9,11-12H2,1H3,(H,29,30)/t13-,15+,21?/m0/s1. The Balaban J connectivity index is 1.35. The van der Waals surface area contributed by atoms with Gasteiger partial charge in [0.15, 0.2) is 16.6 Å². The van der Waals surface area contributed by atoms with Gasteiger partial charge in [-0.1, -0.05) is 18.5 Å². The highest BCUT2D eigenvalue weighted by Gasteiger charge is 2.57. The lowest BCUT2D eigenvalue weighted by atomic mass is 9.86. The zero-order valence-corrected chi connectivity index (χ0v) is 21.4. The Morgan fingerprint density at radius 2 is 2.05 bits per heavy atom. The summed E-state index contributed by atoms with van der Waals surface area (Å²) in [4.78, 5) is 24.6. The quantitative estimate of drug-likeness (QED) is 0.518. The zero-order chi connectivity index (χ0) is 27.2. The number of sulfonamides is 1. The second-order valence-corrected chi connectivity index (χ2v) is 12.0. The van der Waals surface area contributed by atoms with Crippen molar-refractivity contribution < 1.29 is 35.9 Å². The number of aromatic nitrogens is 3. The Bertz CT molecular complexity index is 1260. The van der Waals surface area contributed by atoms with Crippen LogP contribution in [0, 0.1) is 11.7 Å². The first-order valence-electron chi connectivity index (χ1n) is 11.6. The summed E-state index contributed by atoms with van der Waals surface area (Å²) < 4.78 is 79.2. The number of alkyl halides is 3. The van der Waals surface area contributed by atoms with Gasteiger partial charge in [-0.2, -0.15) is 13.2 Å². The van der Waals surface area contributed by atoms with Crippen LogP contribution < -0.4 is 0 Å². The molecule has 2 aliphatic heterocycles. The number of hydrogen-bond donors (Lipinski definition) is 2. The van der Waals surface area contributed by atoms with Crippen LogP contribution in [0.15, 0.2) is 18.3 Å². The number of nitrogens with one attached hydrogen (secondary N) is 1. The van der Waals surface area contributed by atoms with Crippen molar-refractivity contribution in [1.82, 2.24) is 24.2 Å². The first-order valence-corrected chi connectivity index (χ1v) is 13.6. The summed E-state index contributed by atoms with van der Waals surface area (Å²) in [5.74, 6) is -1.75. The minimum atomic E-state index is -4.87. The molecule has 0 bridgehead atoms. The smallest absolute Gasteiger partial charge is 0.379 e.